The molecular formula is C19H24N4O2. The lowest BCUT2D eigenvalue weighted by Crippen LogP contribution is -2.49. The summed E-state index contributed by atoms with van der Waals surface area (Å²) in [6.45, 7) is 6.92. The van der Waals surface area contributed by atoms with Crippen LogP contribution in [0.5, 0.6) is 5.75 Å². The Hall–Kier alpha value is -2.63. The molecule has 0 saturated carbocycles. The summed E-state index contributed by atoms with van der Waals surface area (Å²) in [5.41, 5.74) is 3.17. The molecule has 2 aromatic rings. The van der Waals surface area contributed by atoms with E-state index in [-0.39, 0.29) is 5.91 Å². The zero-order valence-electron chi connectivity index (χ0n) is 15.0. The average molecular weight is 340 g/mol. The maximum atomic E-state index is 12.7. The molecule has 25 heavy (non-hydrogen) atoms. The average Bonchev–Trinajstić information content (AvgIpc) is 2.62. The lowest BCUT2D eigenvalue weighted by molar-refractivity contribution is -0.130. The molecule has 0 N–H and O–H groups in total. The van der Waals surface area contributed by atoms with Gasteiger partial charge in [0, 0.05) is 44.1 Å². The van der Waals surface area contributed by atoms with E-state index in [1.165, 1.54) is 0 Å². The number of methoxy groups -OCH3 is 1. The number of ether oxygens (including phenoxy) is 1. The summed E-state index contributed by atoms with van der Waals surface area (Å²) < 4.78 is 5.50. The predicted octanol–water partition coefficient (Wildman–Crippen LogP) is 1.99. The highest BCUT2D eigenvalue weighted by Gasteiger charge is 2.23. The predicted molar refractivity (Wildman–Crippen MR) is 97.0 cm³/mol. The van der Waals surface area contributed by atoms with Gasteiger partial charge in [-0.2, -0.15) is 0 Å². The number of nitrogens with zero attached hydrogens (tertiary/aromatic N) is 4. The fraction of sp³-hybridized carbons (Fsp3) is 0.421. The van der Waals surface area contributed by atoms with Gasteiger partial charge in [-0.05, 0) is 25.5 Å². The summed E-state index contributed by atoms with van der Waals surface area (Å²) in [5, 5.41) is 0. The van der Waals surface area contributed by atoms with Gasteiger partial charge in [0.15, 0.2) is 0 Å². The van der Waals surface area contributed by atoms with Crippen LogP contribution < -0.4 is 9.64 Å². The fourth-order valence-electron chi connectivity index (χ4n) is 3.35. The first kappa shape index (κ1) is 17.2. The molecule has 2 heterocycles. The van der Waals surface area contributed by atoms with E-state index in [1.807, 2.05) is 24.8 Å². The van der Waals surface area contributed by atoms with Crippen molar-refractivity contribution in [2.24, 2.45) is 0 Å². The van der Waals surface area contributed by atoms with Crippen LogP contribution in [0.1, 0.15) is 16.7 Å². The zero-order chi connectivity index (χ0) is 17.8. The molecule has 1 aromatic carbocycles. The van der Waals surface area contributed by atoms with E-state index in [2.05, 4.69) is 20.9 Å². The van der Waals surface area contributed by atoms with Gasteiger partial charge in [-0.15, -0.1) is 0 Å². The van der Waals surface area contributed by atoms with Crippen LogP contribution in [-0.2, 0) is 11.2 Å². The molecule has 0 bridgehead atoms. The normalized spacial score (nSPS) is 14.5. The van der Waals surface area contributed by atoms with Crippen LogP contribution in [0.15, 0.2) is 30.6 Å². The number of carbonyl (C=O) groups is 1. The molecule has 1 amide bonds. The van der Waals surface area contributed by atoms with E-state index >= 15 is 0 Å². The summed E-state index contributed by atoms with van der Waals surface area (Å²) in [5.74, 6) is 1.68. The minimum atomic E-state index is 0.136. The van der Waals surface area contributed by atoms with Gasteiger partial charge in [0.05, 0.1) is 13.5 Å². The molecule has 1 aromatic heterocycles. The summed E-state index contributed by atoms with van der Waals surface area (Å²) in [4.78, 5) is 25.3. The number of anilines is 1. The van der Waals surface area contributed by atoms with Crippen molar-refractivity contribution in [3.8, 4) is 5.75 Å². The van der Waals surface area contributed by atoms with Crippen LogP contribution in [0.3, 0.4) is 0 Å². The number of hydrogen-bond acceptors (Lipinski definition) is 5. The first-order valence-corrected chi connectivity index (χ1v) is 8.52. The molecule has 6 nitrogen and oxygen atoms in total. The van der Waals surface area contributed by atoms with Gasteiger partial charge >= 0.3 is 0 Å². The number of amides is 1. The number of aryl methyl sites for hydroxylation is 2. The Bertz CT molecular complexity index is 741. The highest BCUT2D eigenvalue weighted by Crippen LogP contribution is 2.26. The van der Waals surface area contributed by atoms with Gasteiger partial charge < -0.3 is 14.5 Å². The van der Waals surface area contributed by atoms with Crippen LogP contribution in [0.2, 0.25) is 0 Å². The molecule has 1 fully saturated rings. The molecule has 132 valence electrons. The topological polar surface area (TPSA) is 58.6 Å². The van der Waals surface area contributed by atoms with Crippen molar-refractivity contribution in [1.29, 1.82) is 0 Å². The number of piperazine rings is 1. The molecule has 1 saturated heterocycles. The highest BCUT2D eigenvalue weighted by molar-refractivity contribution is 5.80. The zero-order valence-corrected chi connectivity index (χ0v) is 15.0. The third-order valence-corrected chi connectivity index (χ3v) is 4.51. The molecule has 3 rings (SSSR count). The third-order valence-electron chi connectivity index (χ3n) is 4.51. The lowest BCUT2D eigenvalue weighted by atomic mass is 10.0. The maximum Gasteiger partial charge on any atom is 0.227 e. The van der Waals surface area contributed by atoms with Gasteiger partial charge in [0.25, 0.3) is 0 Å². The molecule has 0 aliphatic carbocycles. The van der Waals surface area contributed by atoms with Crippen molar-refractivity contribution in [3.05, 3.63) is 47.3 Å². The quantitative estimate of drug-likeness (QED) is 0.852. The highest BCUT2D eigenvalue weighted by atomic mass is 16.5. The van der Waals surface area contributed by atoms with Gasteiger partial charge in [0.2, 0.25) is 11.9 Å². The molecule has 0 radical (unpaired) electrons. The van der Waals surface area contributed by atoms with Crippen molar-refractivity contribution in [2.75, 3.05) is 38.2 Å². The van der Waals surface area contributed by atoms with E-state index < -0.39 is 0 Å². The van der Waals surface area contributed by atoms with Crippen molar-refractivity contribution in [3.63, 3.8) is 0 Å². The minimum absolute atomic E-state index is 0.136. The minimum Gasteiger partial charge on any atom is -0.496 e. The number of benzene rings is 1. The molecule has 1 aliphatic rings. The van der Waals surface area contributed by atoms with Crippen LogP contribution >= 0.6 is 0 Å². The van der Waals surface area contributed by atoms with Crippen molar-refractivity contribution >= 4 is 11.9 Å². The second kappa shape index (κ2) is 7.51. The monoisotopic (exact) mass is 340 g/mol. The van der Waals surface area contributed by atoms with Crippen molar-refractivity contribution in [1.82, 2.24) is 14.9 Å². The van der Waals surface area contributed by atoms with Crippen LogP contribution in [0.4, 0.5) is 5.95 Å². The summed E-state index contributed by atoms with van der Waals surface area (Å²) in [7, 11) is 1.66. The third kappa shape index (κ3) is 3.90. The Morgan fingerprint density at radius 3 is 2.44 bits per heavy atom. The first-order valence-electron chi connectivity index (χ1n) is 8.52. The number of hydrogen-bond donors (Lipinski definition) is 0. The second-order valence-corrected chi connectivity index (χ2v) is 6.37. The van der Waals surface area contributed by atoms with E-state index in [9.17, 15) is 4.79 Å². The molecule has 1 aliphatic heterocycles. The van der Waals surface area contributed by atoms with Crippen LogP contribution in [-0.4, -0.2) is 54.1 Å². The number of rotatable bonds is 4. The fourth-order valence-corrected chi connectivity index (χ4v) is 3.35. The van der Waals surface area contributed by atoms with Gasteiger partial charge in [-0.1, -0.05) is 17.7 Å². The van der Waals surface area contributed by atoms with E-state index in [1.54, 1.807) is 25.6 Å². The molecule has 0 spiro atoms. The Morgan fingerprint density at radius 1 is 1.12 bits per heavy atom. The molecule has 0 atom stereocenters. The molecular weight excluding hydrogens is 316 g/mol. The SMILES string of the molecule is COc1c(C)cc(C)cc1CC(=O)N1CCN(c2ncccn2)CC1. The largest absolute Gasteiger partial charge is 0.496 e. The van der Waals surface area contributed by atoms with Crippen molar-refractivity contribution < 1.29 is 9.53 Å². The summed E-state index contributed by atoms with van der Waals surface area (Å²) >= 11 is 0. The summed E-state index contributed by atoms with van der Waals surface area (Å²) in [6, 6.07) is 5.92. The molecule has 6 heteroatoms. The van der Waals surface area contributed by atoms with Gasteiger partial charge in [-0.3, -0.25) is 4.79 Å². The van der Waals surface area contributed by atoms with Gasteiger partial charge in [0.1, 0.15) is 5.75 Å². The van der Waals surface area contributed by atoms with E-state index in [4.69, 9.17) is 4.74 Å². The number of carbonyl (C=O) groups excluding carboxylic acids is 1. The Kier molecular flexibility index (Phi) is 5.16. The van der Waals surface area contributed by atoms with Crippen molar-refractivity contribution in [2.45, 2.75) is 20.3 Å². The van der Waals surface area contributed by atoms with E-state index in [0.717, 1.165) is 41.5 Å². The van der Waals surface area contributed by atoms with Crippen LogP contribution in [0, 0.1) is 13.8 Å². The standard InChI is InChI=1S/C19H24N4O2/c1-14-11-15(2)18(25-3)16(12-14)13-17(24)22-7-9-23(10-8-22)19-20-5-4-6-21-19/h4-6,11-12H,7-10,13H2,1-3H3. The second-order valence-electron chi connectivity index (χ2n) is 6.37. The first-order chi connectivity index (χ1) is 12.1. The molecule has 0 unspecified atom stereocenters. The smallest absolute Gasteiger partial charge is 0.227 e. The Morgan fingerprint density at radius 2 is 1.80 bits per heavy atom. The van der Waals surface area contributed by atoms with Gasteiger partial charge in [-0.25, -0.2) is 9.97 Å². The lowest BCUT2D eigenvalue weighted by Gasteiger charge is -2.34. The Balaban J connectivity index is 1.64. The maximum absolute atomic E-state index is 12.7. The Labute approximate surface area is 148 Å². The van der Waals surface area contributed by atoms with Crippen LogP contribution in [0.25, 0.3) is 0 Å². The summed E-state index contributed by atoms with van der Waals surface area (Å²) in [6.07, 6.45) is 3.85. The van der Waals surface area contributed by atoms with E-state index in [0.29, 0.717) is 19.5 Å². The number of aromatic nitrogens is 2.